The maximum atomic E-state index is 11.2. The molecule has 1 aromatic heterocycles. The van der Waals surface area contributed by atoms with Crippen molar-refractivity contribution in [1.29, 1.82) is 5.26 Å². The first-order valence-electron chi connectivity index (χ1n) is 7.94. The second-order valence-electron chi connectivity index (χ2n) is 6.05. The smallest absolute Gasteiger partial charge is 0.270 e. The van der Waals surface area contributed by atoms with Gasteiger partial charge in [0.25, 0.3) is 5.69 Å². The van der Waals surface area contributed by atoms with Gasteiger partial charge in [-0.2, -0.15) is 5.26 Å². The van der Waals surface area contributed by atoms with Crippen LogP contribution in [0.5, 0.6) is 5.75 Å². The summed E-state index contributed by atoms with van der Waals surface area (Å²) in [4.78, 5) is 14.0. The molecule has 1 unspecified atom stereocenters. The fourth-order valence-corrected chi connectivity index (χ4v) is 3.40. The highest BCUT2D eigenvalue weighted by atomic mass is 16.6. The molecule has 0 saturated heterocycles. The molecule has 7 heteroatoms. The summed E-state index contributed by atoms with van der Waals surface area (Å²) in [6.45, 7) is 1.90. The van der Waals surface area contributed by atoms with E-state index in [0.29, 0.717) is 16.9 Å². The number of nitro benzene ring substituents is 1. The lowest BCUT2D eigenvalue weighted by molar-refractivity contribution is -0.384. The molecule has 1 aliphatic heterocycles. The van der Waals surface area contributed by atoms with Gasteiger partial charge in [-0.05, 0) is 19.1 Å². The molecule has 7 nitrogen and oxygen atoms in total. The van der Waals surface area contributed by atoms with Crippen LogP contribution in [0.4, 0.5) is 5.69 Å². The summed E-state index contributed by atoms with van der Waals surface area (Å²) in [6.07, 6.45) is -0.933. The number of nitrogens with zero attached hydrogens (tertiary/aromatic N) is 2. The third kappa shape index (κ3) is 2.24. The van der Waals surface area contributed by atoms with Crippen molar-refractivity contribution < 1.29 is 9.66 Å². The summed E-state index contributed by atoms with van der Waals surface area (Å²) in [5.74, 6) is 0.418. The number of benzene rings is 2. The number of hydrogen-bond acceptors (Lipinski definition) is 5. The molecule has 0 spiro atoms. The Labute approximate surface area is 148 Å². The third-order valence-corrected chi connectivity index (χ3v) is 4.52. The van der Waals surface area contributed by atoms with Crippen molar-refractivity contribution in [2.75, 3.05) is 0 Å². The van der Waals surface area contributed by atoms with Crippen LogP contribution in [0.25, 0.3) is 16.5 Å². The lowest BCUT2D eigenvalue weighted by Crippen LogP contribution is -2.33. The van der Waals surface area contributed by atoms with Gasteiger partial charge in [0.05, 0.1) is 10.5 Å². The number of nitriles is 1. The number of ether oxygens (including phenoxy) is 1. The SMILES string of the molecule is Cc1[nH]c2ccccc2c1C1=C(C#N)C(N)Oc2ccc([N+](=O)[O-])cc21. The van der Waals surface area contributed by atoms with Gasteiger partial charge in [-0.25, -0.2) is 0 Å². The Morgan fingerprint density at radius 3 is 2.81 bits per heavy atom. The number of fused-ring (bicyclic) bond motifs is 2. The summed E-state index contributed by atoms with van der Waals surface area (Å²) in [7, 11) is 0. The van der Waals surface area contributed by atoms with Crippen LogP contribution in [0, 0.1) is 28.4 Å². The molecule has 1 atom stereocenters. The summed E-state index contributed by atoms with van der Waals surface area (Å²) in [5.41, 5.74) is 9.84. The number of aromatic amines is 1. The summed E-state index contributed by atoms with van der Waals surface area (Å²) < 4.78 is 5.61. The van der Waals surface area contributed by atoms with Gasteiger partial charge in [-0.1, -0.05) is 18.2 Å². The van der Waals surface area contributed by atoms with E-state index in [2.05, 4.69) is 11.1 Å². The molecule has 0 amide bonds. The zero-order valence-corrected chi connectivity index (χ0v) is 13.8. The average Bonchev–Trinajstić information content (AvgIpc) is 2.95. The van der Waals surface area contributed by atoms with Crippen molar-refractivity contribution in [2.45, 2.75) is 13.2 Å². The number of rotatable bonds is 2. The van der Waals surface area contributed by atoms with Crippen LogP contribution in [0.1, 0.15) is 16.8 Å². The van der Waals surface area contributed by atoms with E-state index in [-0.39, 0.29) is 11.3 Å². The van der Waals surface area contributed by atoms with Gasteiger partial charge < -0.3 is 9.72 Å². The highest BCUT2D eigenvalue weighted by Gasteiger charge is 2.31. The van der Waals surface area contributed by atoms with Crippen LogP contribution in [-0.2, 0) is 0 Å². The van der Waals surface area contributed by atoms with E-state index >= 15 is 0 Å². The van der Waals surface area contributed by atoms with Crippen LogP contribution in [0.2, 0.25) is 0 Å². The molecule has 0 bridgehead atoms. The minimum Gasteiger partial charge on any atom is -0.470 e. The number of nitrogens with one attached hydrogen (secondary N) is 1. The fraction of sp³-hybridized carbons (Fsp3) is 0.105. The normalized spacial score (nSPS) is 16.1. The summed E-state index contributed by atoms with van der Waals surface area (Å²) >= 11 is 0. The quantitative estimate of drug-likeness (QED) is 0.545. The lowest BCUT2D eigenvalue weighted by Gasteiger charge is -2.26. The van der Waals surface area contributed by atoms with E-state index in [1.165, 1.54) is 18.2 Å². The summed E-state index contributed by atoms with van der Waals surface area (Å²) in [6, 6.07) is 14.1. The topological polar surface area (TPSA) is 118 Å². The van der Waals surface area contributed by atoms with E-state index in [4.69, 9.17) is 10.5 Å². The predicted octanol–water partition coefficient (Wildman–Crippen LogP) is 3.39. The first kappa shape index (κ1) is 15.9. The van der Waals surface area contributed by atoms with Gasteiger partial charge >= 0.3 is 0 Å². The molecule has 0 aliphatic carbocycles. The van der Waals surface area contributed by atoms with Gasteiger partial charge in [-0.3, -0.25) is 15.8 Å². The minimum absolute atomic E-state index is 0.0740. The number of H-pyrrole nitrogens is 1. The van der Waals surface area contributed by atoms with E-state index in [9.17, 15) is 15.4 Å². The first-order valence-corrected chi connectivity index (χ1v) is 7.94. The molecule has 3 aromatic rings. The number of para-hydroxylation sites is 1. The van der Waals surface area contributed by atoms with Crippen molar-refractivity contribution in [2.24, 2.45) is 5.73 Å². The molecule has 0 fully saturated rings. The minimum atomic E-state index is -0.933. The van der Waals surface area contributed by atoms with Gasteiger partial charge in [0.2, 0.25) is 0 Å². The van der Waals surface area contributed by atoms with Crippen molar-refractivity contribution in [3.8, 4) is 11.8 Å². The maximum absolute atomic E-state index is 11.2. The Morgan fingerprint density at radius 1 is 1.31 bits per heavy atom. The van der Waals surface area contributed by atoms with Crippen molar-refractivity contribution in [3.63, 3.8) is 0 Å². The average molecular weight is 346 g/mol. The zero-order valence-electron chi connectivity index (χ0n) is 13.8. The molecule has 128 valence electrons. The number of hydrogen-bond donors (Lipinski definition) is 2. The predicted molar refractivity (Wildman–Crippen MR) is 96.4 cm³/mol. The van der Waals surface area contributed by atoms with E-state index < -0.39 is 11.2 Å². The highest BCUT2D eigenvalue weighted by molar-refractivity contribution is 6.02. The molecule has 2 aromatic carbocycles. The van der Waals surface area contributed by atoms with E-state index in [1.807, 2.05) is 31.2 Å². The van der Waals surface area contributed by atoms with Gasteiger partial charge in [0.15, 0.2) is 6.23 Å². The monoisotopic (exact) mass is 346 g/mol. The Kier molecular flexibility index (Phi) is 3.49. The lowest BCUT2D eigenvalue weighted by atomic mass is 9.88. The summed E-state index contributed by atoms with van der Waals surface area (Å²) in [5, 5.41) is 21.8. The van der Waals surface area contributed by atoms with Gasteiger partial charge in [0.1, 0.15) is 11.8 Å². The second-order valence-corrected chi connectivity index (χ2v) is 6.05. The molecule has 2 heterocycles. The standard InChI is InChI=1S/C19H14N4O3/c1-10-17(12-4-2-3-5-15(12)22-10)18-13-8-11(23(24)25)6-7-16(13)26-19(21)14(18)9-20/h2-8,19,22H,21H2,1H3. The third-order valence-electron chi connectivity index (χ3n) is 4.52. The second kappa shape index (κ2) is 5.72. The van der Waals surface area contributed by atoms with Crippen LogP contribution in [0.3, 0.4) is 0 Å². The molecule has 0 radical (unpaired) electrons. The molecule has 3 N–H and O–H groups in total. The fourth-order valence-electron chi connectivity index (χ4n) is 3.40. The van der Waals surface area contributed by atoms with Gasteiger partial charge in [-0.15, -0.1) is 0 Å². The largest absolute Gasteiger partial charge is 0.470 e. The van der Waals surface area contributed by atoms with Crippen molar-refractivity contribution in [3.05, 3.63) is 75.0 Å². The zero-order chi connectivity index (χ0) is 18.4. The molecule has 26 heavy (non-hydrogen) atoms. The van der Waals surface area contributed by atoms with E-state index in [1.54, 1.807) is 0 Å². The van der Waals surface area contributed by atoms with Gasteiger partial charge in [0, 0.05) is 45.4 Å². The Balaban J connectivity index is 2.10. The molecule has 0 saturated carbocycles. The molecule has 4 rings (SSSR count). The highest BCUT2D eigenvalue weighted by Crippen LogP contribution is 2.43. The molecular weight excluding hydrogens is 332 g/mol. The Morgan fingerprint density at radius 2 is 2.08 bits per heavy atom. The number of aromatic nitrogens is 1. The van der Waals surface area contributed by atoms with Crippen LogP contribution in [0.15, 0.2) is 48.0 Å². The Bertz CT molecular complexity index is 1140. The number of aryl methyl sites for hydroxylation is 1. The number of nitro groups is 1. The van der Waals surface area contributed by atoms with Crippen LogP contribution >= 0.6 is 0 Å². The van der Waals surface area contributed by atoms with Crippen LogP contribution < -0.4 is 10.5 Å². The maximum Gasteiger partial charge on any atom is 0.270 e. The molecular formula is C19H14N4O3. The van der Waals surface area contributed by atoms with E-state index in [0.717, 1.165) is 22.2 Å². The Hall–Kier alpha value is -3.63. The molecule has 1 aliphatic rings. The number of non-ortho nitro benzene ring substituents is 1. The van der Waals surface area contributed by atoms with Crippen LogP contribution in [-0.4, -0.2) is 16.1 Å². The number of nitrogens with two attached hydrogens (primary N) is 1. The first-order chi connectivity index (χ1) is 12.5. The van der Waals surface area contributed by atoms with Crippen molar-refractivity contribution >= 4 is 22.2 Å². The van der Waals surface area contributed by atoms with Crippen molar-refractivity contribution in [1.82, 2.24) is 4.98 Å².